The Hall–Kier alpha value is -2.89. The van der Waals surface area contributed by atoms with E-state index in [1.165, 1.54) is 0 Å². The van der Waals surface area contributed by atoms with Crippen molar-refractivity contribution in [1.82, 2.24) is 9.88 Å². The van der Waals surface area contributed by atoms with Crippen LogP contribution in [0.15, 0.2) is 36.7 Å². The number of rotatable bonds is 5. The van der Waals surface area contributed by atoms with Gasteiger partial charge in [0, 0.05) is 42.5 Å². The average molecular weight is 367 g/mol. The first-order chi connectivity index (χ1) is 13.0. The number of pyridine rings is 1. The Morgan fingerprint density at radius 1 is 1.22 bits per heavy atom. The lowest BCUT2D eigenvalue weighted by Crippen LogP contribution is -2.41. The van der Waals surface area contributed by atoms with E-state index in [1.54, 1.807) is 17.3 Å². The Kier molecular flexibility index (Phi) is 5.74. The van der Waals surface area contributed by atoms with Crippen molar-refractivity contribution in [1.29, 1.82) is 0 Å². The van der Waals surface area contributed by atoms with Crippen molar-refractivity contribution in [2.75, 3.05) is 13.1 Å². The number of nitrogens with zero attached hydrogens (tertiary/aromatic N) is 2. The number of aryl methyl sites for hydroxylation is 2. The minimum Gasteiger partial charge on any atom is -0.488 e. The van der Waals surface area contributed by atoms with E-state index in [1.807, 2.05) is 38.1 Å². The highest BCUT2D eigenvalue weighted by Crippen LogP contribution is 2.27. The van der Waals surface area contributed by atoms with Crippen molar-refractivity contribution in [2.24, 2.45) is 11.7 Å². The number of piperidine rings is 1. The van der Waals surface area contributed by atoms with E-state index in [9.17, 15) is 9.59 Å². The van der Waals surface area contributed by atoms with Crippen LogP contribution in [0.1, 0.15) is 39.9 Å². The summed E-state index contributed by atoms with van der Waals surface area (Å²) >= 11 is 0. The number of nitrogens with two attached hydrogens (primary N) is 1. The largest absolute Gasteiger partial charge is 0.488 e. The lowest BCUT2D eigenvalue weighted by molar-refractivity contribution is -0.123. The SMILES string of the molecule is Cc1cc(C(=O)N2CCC(C(N)=O)CC2)cc(C)c1OCc1cccnc1. The van der Waals surface area contributed by atoms with Gasteiger partial charge in [-0.2, -0.15) is 0 Å². The first kappa shape index (κ1) is 18.9. The average Bonchev–Trinajstić information content (AvgIpc) is 2.67. The third-order valence-corrected chi connectivity index (χ3v) is 5.00. The van der Waals surface area contributed by atoms with E-state index < -0.39 is 0 Å². The summed E-state index contributed by atoms with van der Waals surface area (Å²) in [5, 5.41) is 0. The van der Waals surface area contributed by atoms with Crippen LogP contribution in [0.2, 0.25) is 0 Å². The molecule has 0 unspecified atom stereocenters. The van der Waals surface area contributed by atoms with Crippen LogP contribution in [-0.2, 0) is 11.4 Å². The van der Waals surface area contributed by atoms with Crippen molar-refractivity contribution < 1.29 is 14.3 Å². The second kappa shape index (κ2) is 8.20. The molecule has 0 atom stereocenters. The standard InChI is InChI=1S/C21H25N3O3/c1-14-10-18(21(26)24-8-5-17(6-9-24)20(22)25)11-15(2)19(14)27-13-16-4-3-7-23-12-16/h3-4,7,10-12,17H,5-6,8-9,13H2,1-2H3,(H2,22,25). The van der Waals surface area contributed by atoms with Gasteiger partial charge in [0.1, 0.15) is 12.4 Å². The normalized spacial score (nSPS) is 14.8. The van der Waals surface area contributed by atoms with Gasteiger partial charge in [-0.05, 0) is 56.0 Å². The summed E-state index contributed by atoms with van der Waals surface area (Å²) in [7, 11) is 0. The van der Waals surface area contributed by atoms with Crippen molar-refractivity contribution in [3.05, 3.63) is 58.9 Å². The van der Waals surface area contributed by atoms with E-state index >= 15 is 0 Å². The number of hydrogen-bond acceptors (Lipinski definition) is 4. The molecule has 2 N–H and O–H groups in total. The van der Waals surface area contributed by atoms with E-state index in [0.29, 0.717) is 38.1 Å². The molecule has 6 nitrogen and oxygen atoms in total. The zero-order valence-corrected chi connectivity index (χ0v) is 15.8. The maximum atomic E-state index is 12.8. The molecule has 1 aliphatic rings. The number of benzene rings is 1. The topological polar surface area (TPSA) is 85.5 Å². The Bertz CT molecular complexity index is 805. The van der Waals surface area contributed by atoms with E-state index in [-0.39, 0.29) is 17.7 Å². The molecule has 0 aliphatic carbocycles. The number of likely N-dealkylation sites (tertiary alicyclic amines) is 1. The van der Waals surface area contributed by atoms with Crippen LogP contribution in [0.5, 0.6) is 5.75 Å². The van der Waals surface area contributed by atoms with Gasteiger partial charge in [0.25, 0.3) is 5.91 Å². The molecule has 1 aliphatic heterocycles. The third kappa shape index (κ3) is 4.45. The van der Waals surface area contributed by atoms with Gasteiger partial charge in [-0.15, -0.1) is 0 Å². The fraction of sp³-hybridized carbons (Fsp3) is 0.381. The number of amides is 2. The highest BCUT2D eigenvalue weighted by atomic mass is 16.5. The van der Waals surface area contributed by atoms with Gasteiger partial charge in [-0.1, -0.05) is 6.07 Å². The van der Waals surface area contributed by atoms with Crippen LogP contribution in [0.25, 0.3) is 0 Å². The molecule has 3 rings (SSSR count). The first-order valence-electron chi connectivity index (χ1n) is 9.17. The summed E-state index contributed by atoms with van der Waals surface area (Å²) in [6, 6.07) is 7.58. The molecule has 2 heterocycles. The van der Waals surface area contributed by atoms with Gasteiger partial charge in [0.2, 0.25) is 5.91 Å². The molecule has 27 heavy (non-hydrogen) atoms. The van der Waals surface area contributed by atoms with Crippen LogP contribution in [0.4, 0.5) is 0 Å². The first-order valence-corrected chi connectivity index (χ1v) is 9.17. The van der Waals surface area contributed by atoms with E-state index in [2.05, 4.69) is 4.98 Å². The van der Waals surface area contributed by atoms with Crippen molar-refractivity contribution in [3.8, 4) is 5.75 Å². The molecule has 142 valence electrons. The molecule has 1 aromatic carbocycles. The Balaban J connectivity index is 1.69. The summed E-state index contributed by atoms with van der Waals surface area (Å²) in [6.07, 6.45) is 4.77. The summed E-state index contributed by atoms with van der Waals surface area (Å²) in [5.74, 6) is 0.385. The quantitative estimate of drug-likeness (QED) is 0.880. The molecule has 1 aromatic heterocycles. The van der Waals surface area contributed by atoms with Crippen molar-refractivity contribution in [3.63, 3.8) is 0 Å². The zero-order valence-electron chi connectivity index (χ0n) is 15.8. The number of carbonyl (C=O) groups is 2. The van der Waals surface area contributed by atoms with Crippen LogP contribution < -0.4 is 10.5 Å². The lowest BCUT2D eigenvalue weighted by Gasteiger charge is -2.31. The van der Waals surface area contributed by atoms with Gasteiger partial charge in [-0.3, -0.25) is 14.6 Å². The van der Waals surface area contributed by atoms with Gasteiger partial charge >= 0.3 is 0 Å². The smallest absolute Gasteiger partial charge is 0.253 e. The zero-order chi connectivity index (χ0) is 19.4. The monoisotopic (exact) mass is 367 g/mol. The summed E-state index contributed by atoms with van der Waals surface area (Å²) in [6.45, 7) is 5.44. The molecule has 0 spiro atoms. The van der Waals surface area contributed by atoms with Gasteiger partial charge in [-0.25, -0.2) is 0 Å². The van der Waals surface area contributed by atoms with Crippen LogP contribution in [-0.4, -0.2) is 34.8 Å². The predicted molar refractivity (Wildman–Crippen MR) is 102 cm³/mol. The molecular formula is C21H25N3O3. The van der Waals surface area contributed by atoms with E-state index in [0.717, 1.165) is 22.4 Å². The summed E-state index contributed by atoms with van der Waals surface area (Å²) in [5.41, 5.74) is 8.86. The Morgan fingerprint density at radius 3 is 2.44 bits per heavy atom. The number of carbonyl (C=O) groups excluding carboxylic acids is 2. The molecule has 0 radical (unpaired) electrons. The van der Waals surface area contributed by atoms with Gasteiger partial charge < -0.3 is 15.4 Å². The number of ether oxygens (including phenoxy) is 1. The fourth-order valence-corrected chi connectivity index (χ4v) is 3.49. The maximum absolute atomic E-state index is 12.8. The van der Waals surface area contributed by atoms with Crippen LogP contribution in [0.3, 0.4) is 0 Å². The van der Waals surface area contributed by atoms with Gasteiger partial charge in [0.05, 0.1) is 0 Å². The summed E-state index contributed by atoms with van der Waals surface area (Å²) < 4.78 is 5.96. The minimum atomic E-state index is -0.274. The third-order valence-electron chi connectivity index (χ3n) is 5.00. The highest BCUT2D eigenvalue weighted by molar-refractivity contribution is 5.95. The molecule has 1 saturated heterocycles. The van der Waals surface area contributed by atoms with Gasteiger partial charge in [0.15, 0.2) is 0 Å². The molecule has 2 aromatic rings. The fourth-order valence-electron chi connectivity index (χ4n) is 3.49. The molecular weight excluding hydrogens is 342 g/mol. The highest BCUT2D eigenvalue weighted by Gasteiger charge is 2.27. The molecule has 0 saturated carbocycles. The predicted octanol–water partition coefficient (Wildman–Crippen LogP) is 2.61. The molecule has 6 heteroatoms. The van der Waals surface area contributed by atoms with Crippen LogP contribution in [0, 0.1) is 19.8 Å². The maximum Gasteiger partial charge on any atom is 0.253 e. The Labute approximate surface area is 159 Å². The number of aromatic nitrogens is 1. The second-order valence-corrected chi connectivity index (χ2v) is 7.06. The van der Waals surface area contributed by atoms with Crippen molar-refractivity contribution in [2.45, 2.75) is 33.3 Å². The van der Waals surface area contributed by atoms with Crippen LogP contribution >= 0.6 is 0 Å². The van der Waals surface area contributed by atoms with Crippen molar-refractivity contribution >= 4 is 11.8 Å². The number of primary amides is 1. The lowest BCUT2D eigenvalue weighted by atomic mass is 9.95. The molecule has 1 fully saturated rings. The van der Waals surface area contributed by atoms with E-state index in [4.69, 9.17) is 10.5 Å². The molecule has 0 bridgehead atoms. The summed E-state index contributed by atoms with van der Waals surface area (Å²) in [4.78, 5) is 30.0. The Morgan fingerprint density at radius 2 is 1.89 bits per heavy atom. The minimum absolute atomic E-state index is 0.0112. The molecule has 2 amide bonds. The number of hydrogen-bond donors (Lipinski definition) is 1. The second-order valence-electron chi connectivity index (χ2n) is 7.06.